The Morgan fingerprint density at radius 3 is 2.65 bits per heavy atom. The van der Waals surface area contributed by atoms with E-state index in [-0.39, 0.29) is 24.8 Å². The van der Waals surface area contributed by atoms with E-state index in [2.05, 4.69) is 0 Å². The Morgan fingerprint density at radius 1 is 1.41 bits per heavy atom. The van der Waals surface area contributed by atoms with E-state index >= 15 is 0 Å². The quantitative estimate of drug-likeness (QED) is 0.577. The third-order valence-corrected chi connectivity index (χ3v) is 2.37. The topological polar surface area (TPSA) is 65.0 Å². The fourth-order valence-corrected chi connectivity index (χ4v) is 1.75. The van der Waals surface area contributed by atoms with Crippen LogP contribution in [0.4, 0.5) is 0 Å². The number of hydrogen-bond donors (Lipinski definition) is 1. The van der Waals surface area contributed by atoms with Crippen molar-refractivity contribution in [3.05, 3.63) is 12.2 Å². The number of hydrogen-bond acceptors (Lipinski definition) is 5. The Balaban J connectivity index is 2.43. The van der Waals surface area contributed by atoms with Gasteiger partial charge in [0.15, 0.2) is 5.79 Å². The molecule has 0 saturated carbocycles. The van der Waals surface area contributed by atoms with Gasteiger partial charge in [0.1, 0.15) is 6.10 Å². The summed E-state index contributed by atoms with van der Waals surface area (Å²) in [6, 6.07) is 0. The molecule has 1 rings (SSSR count). The minimum absolute atomic E-state index is 0.0959. The van der Waals surface area contributed by atoms with Crippen molar-refractivity contribution in [2.45, 2.75) is 45.2 Å². The van der Waals surface area contributed by atoms with Gasteiger partial charge in [-0.15, -0.1) is 0 Å². The van der Waals surface area contributed by atoms with Crippen molar-refractivity contribution >= 4 is 5.97 Å². The van der Waals surface area contributed by atoms with E-state index in [1.165, 1.54) is 6.08 Å². The number of ether oxygens (including phenoxy) is 3. The fourth-order valence-electron chi connectivity index (χ4n) is 1.75. The van der Waals surface area contributed by atoms with Crippen LogP contribution >= 0.6 is 0 Å². The van der Waals surface area contributed by atoms with Gasteiger partial charge in [0.2, 0.25) is 0 Å². The molecule has 1 heterocycles. The molecule has 0 unspecified atom stereocenters. The zero-order valence-corrected chi connectivity index (χ0v) is 10.5. The summed E-state index contributed by atoms with van der Waals surface area (Å²) in [6.07, 6.45) is 2.97. The Bertz CT molecular complexity index is 285. The van der Waals surface area contributed by atoms with E-state index in [0.717, 1.165) is 0 Å². The van der Waals surface area contributed by atoms with Crippen LogP contribution in [0.25, 0.3) is 0 Å². The molecule has 0 aromatic heterocycles. The first-order chi connectivity index (χ1) is 7.98. The summed E-state index contributed by atoms with van der Waals surface area (Å²) in [6.45, 7) is 5.61. The van der Waals surface area contributed by atoms with Gasteiger partial charge in [0.25, 0.3) is 0 Å². The summed E-state index contributed by atoms with van der Waals surface area (Å²) in [5, 5.41) is 9.14. The van der Waals surface area contributed by atoms with E-state index in [9.17, 15) is 4.79 Å². The average molecular weight is 244 g/mol. The van der Waals surface area contributed by atoms with Gasteiger partial charge in [-0.25, -0.2) is 4.79 Å². The summed E-state index contributed by atoms with van der Waals surface area (Å²) >= 11 is 0. The standard InChI is InChI=1S/C12H20O5/c1-4-15-11(14)7-5-6-9-10(8-13)17-12(2,3)16-9/h5,7,9-10,13H,4,6,8H2,1-3H3/b7-5+/t9-,10+/m1/s1. The van der Waals surface area contributed by atoms with Crippen molar-refractivity contribution in [1.29, 1.82) is 0 Å². The molecule has 5 nitrogen and oxygen atoms in total. The van der Waals surface area contributed by atoms with Crippen LogP contribution in [0.15, 0.2) is 12.2 Å². The summed E-state index contributed by atoms with van der Waals surface area (Å²) in [4.78, 5) is 11.1. The predicted molar refractivity (Wildman–Crippen MR) is 61.3 cm³/mol. The maximum Gasteiger partial charge on any atom is 0.330 e. The van der Waals surface area contributed by atoms with E-state index in [4.69, 9.17) is 19.3 Å². The highest BCUT2D eigenvalue weighted by Crippen LogP contribution is 2.29. The van der Waals surface area contributed by atoms with Crippen LogP contribution in [0.5, 0.6) is 0 Å². The van der Waals surface area contributed by atoms with Gasteiger partial charge >= 0.3 is 5.97 Å². The van der Waals surface area contributed by atoms with Crippen LogP contribution in [0, 0.1) is 0 Å². The van der Waals surface area contributed by atoms with Crippen LogP contribution in [-0.2, 0) is 19.0 Å². The SMILES string of the molecule is CCOC(=O)/C=C/C[C@H]1OC(C)(C)O[C@H]1CO. The molecular weight excluding hydrogens is 224 g/mol. The van der Waals surface area contributed by atoms with Gasteiger partial charge in [-0.1, -0.05) is 6.08 Å². The van der Waals surface area contributed by atoms with Gasteiger partial charge in [0, 0.05) is 6.08 Å². The molecule has 98 valence electrons. The second-order valence-corrected chi connectivity index (χ2v) is 4.29. The molecule has 1 aliphatic rings. The van der Waals surface area contributed by atoms with Crippen LogP contribution in [-0.4, -0.2) is 42.3 Å². The molecule has 1 fully saturated rings. The van der Waals surface area contributed by atoms with Crippen LogP contribution in [0.1, 0.15) is 27.2 Å². The lowest BCUT2D eigenvalue weighted by Gasteiger charge is -2.16. The van der Waals surface area contributed by atoms with Gasteiger partial charge < -0.3 is 19.3 Å². The van der Waals surface area contributed by atoms with Crippen LogP contribution in [0.3, 0.4) is 0 Å². The zero-order chi connectivity index (χ0) is 12.9. The average Bonchev–Trinajstić information content (AvgIpc) is 2.54. The maximum atomic E-state index is 11.1. The Hall–Kier alpha value is -0.910. The Morgan fingerprint density at radius 2 is 2.06 bits per heavy atom. The highest BCUT2D eigenvalue weighted by Gasteiger charge is 2.39. The first-order valence-corrected chi connectivity index (χ1v) is 5.78. The molecule has 0 spiro atoms. The summed E-state index contributed by atoms with van der Waals surface area (Å²) < 4.78 is 15.9. The van der Waals surface area contributed by atoms with Gasteiger partial charge in [0.05, 0.1) is 19.3 Å². The molecule has 17 heavy (non-hydrogen) atoms. The number of carbonyl (C=O) groups is 1. The third-order valence-electron chi connectivity index (χ3n) is 2.37. The van der Waals surface area contributed by atoms with Crippen molar-refractivity contribution in [3.8, 4) is 0 Å². The molecule has 1 aliphatic heterocycles. The molecule has 0 bridgehead atoms. The van der Waals surface area contributed by atoms with Crippen LogP contribution in [0.2, 0.25) is 0 Å². The molecule has 0 aliphatic carbocycles. The predicted octanol–water partition coefficient (Wildman–Crippen LogP) is 1.01. The normalized spacial score (nSPS) is 27.5. The Labute approximate surface area is 101 Å². The van der Waals surface area contributed by atoms with Crippen molar-refractivity contribution in [2.75, 3.05) is 13.2 Å². The monoisotopic (exact) mass is 244 g/mol. The highest BCUT2D eigenvalue weighted by molar-refractivity contribution is 5.81. The van der Waals surface area contributed by atoms with Gasteiger partial charge in [-0.2, -0.15) is 0 Å². The van der Waals surface area contributed by atoms with Gasteiger partial charge in [-0.05, 0) is 27.2 Å². The second-order valence-electron chi connectivity index (χ2n) is 4.29. The lowest BCUT2D eigenvalue weighted by atomic mass is 10.1. The zero-order valence-electron chi connectivity index (χ0n) is 10.5. The van der Waals surface area contributed by atoms with Crippen molar-refractivity contribution in [3.63, 3.8) is 0 Å². The summed E-state index contributed by atoms with van der Waals surface area (Å²) in [7, 11) is 0. The number of aliphatic hydroxyl groups is 1. The van der Waals surface area contributed by atoms with E-state index < -0.39 is 5.79 Å². The lowest BCUT2D eigenvalue weighted by Crippen LogP contribution is -2.25. The fraction of sp³-hybridized carbons (Fsp3) is 0.750. The highest BCUT2D eigenvalue weighted by atomic mass is 16.8. The first kappa shape index (κ1) is 14.2. The largest absolute Gasteiger partial charge is 0.463 e. The van der Waals surface area contributed by atoms with E-state index in [0.29, 0.717) is 13.0 Å². The number of rotatable bonds is 5. The molecule has 0 amide bonds. The first-order valence-electron chi connectivity index (χ1n) is 5.78. The van der Waals surface area contributed by atoms with Crippen molar-refractivity contribution in [1.82, 2.24) is 0 Å². The van der Waals surface area contributed by atoms with E-state index in [1.54, 1.807) is 26.8 Å². The van der Waals surface area contributed by atoms with Gasteiger partial charge in [-0.3, -0.25) is 0 Å². The molecule has 1 N–H and O–H groups in total. The number of aliphatic hydroxyl groups excluding tert-OH is 1. The summed E-state index contributed by atoms with van der Waals surface area (Å²) in [5.41, 5.74) is 0. The van der Waals surface area contributed by atoms with E-state index in [1.807, 2.05) is 0 Å². The second kappa shape index (κ2) is 6.14. The third kappa shape index (κ3) is 4.46. The minimum Gasteiger partial charge on any atom is -0.463 e. The van der Waals surface area contributed by atoms with Crippen molar-refractivity contribution in [2.24, 2.45) is 0 Å². The lowest BCUT2D eigenvalue weighted by molar-refractivity contribution is -0.148. The smallest absolute Gasteiger partial charge is 0.330 e. The number of esters is 1. The molecule has 2 atom stereocenters. The number of carbonyl (C=O) groups excluding carboxylic acids is 1. The Kier molecular flexibility index (Phi) is 5.11. The molecule has 5 heteroatoms. The maximum absolute atomic E-state index is 11.1. The molecule has 0 radical (unpaired) electrons. The summed E-state index contributed by atoms with van der Waals surface area (Å²) in [5.74, 6) is -1.05. The molecule has 0 aromatic rings. The molecular formula is C12H20O5. The van der Waals surface area contributed by atoms with Crippen LogP contribution < -0.4 is 0 Å². The molecule has 1 saturated heterocycles. The minimum atomic E-state index is -0.685. The van der Waals surface area contributed by atoms with Crippen molar-refractivity contribution < 1.29 is 24.1 Å². The molecule has 0 aromatic carbocycles.